The minimum atomic E-state index is -2.15. The maximum absolute atomic E-state index is 11.3. The Morgan fingerprint density at radius 2 is 1.23 bits per heavy atom. The molecule has 0 unspecified atom stereocenters. The number of aryl methyl sites for hydroxylation is 2. The van der Waals surface area contributed by atoms with E-state index in [4.69, 9.17) is 27.6 Å². The van der Waals surface area contributed by atoms with Crippen molar-refractivity contribution < 1.29 is 27.5 Å². The summed E-state index contributed by atoms with van der Waals surface area (Å²) in [6.07, 6.45) is 0. The van der Waals surface area contributed by atoms with Gasteiger partial charge in [-0.25, -0.2) is 12.1 Å². The fraction of sp³-hybridized carbons (Fsp3) is 0.273. The summed E-state index contributed by atoms with van der Waals surface area (Å²) in [5, 5.41) is 16.8. The topological polar surface area (TPSA) is 41.8 Å². The number of phenols is 1. The molecule has 0 amide bonds. The average Bonchev–Trinajstić information content (AvgIpc) is 3.45. The van der Waals surface area contributed by atoms with Gasteiger partial charge in [-0.2, -0.15) is 17.2 Å². The van der Waals surface area contributed by atoms with Gasteiger partial charge in [0.2, 0.25) is 0 Å². The molecule has 0 aromatic heterocycles. The van der Waals surface area contributed by atoms with Gasteiger partial charge in [0, 0.05) is 11.1 Å². The minimum Gasteiger partial charge on any atom is -0.542 e. The van der Waals surface area contributed by atoms with Crippen molar-refractivity contribution in [3.8, 4) is 22.6 Å². The van der Waals surface area contributed by atoms with Gasteiger partial charge in [-0.1, -0.05) is 83.1 Å². The van der Waals surface area contributed by atoms with E-state index in [1.165, 1.54) is 11.1 Å². The molecule has 0 bridgehead atoms. The maximum atomic E-state index is 11.3. The molecule has 6 aromatic rings. The molecule has 280 valence electrons. The normalized spacial score (nSPS) is 11.7. The third-order valence-electron chi connectivity index (χ3n) is 8.90. The molecular formula is C44H48Br2Cl2NO2SiW-. The molecule has 3 nitrogen and oxygen atoms in total. The number of phenolic OH excluding ortho intramolecular Hbond substituents is 1. The summed E-state index contributed by atoms with van der Waals surface area (Å²) >= 11 is 18.5. The van der Waals surface area contributed by atoms with E-state index in [-0.39, 0.29) is 16.2 Å². The van der Waals surface area contributed by atoms with Crippen molar-refractivity contribution in [1.29, 1.82) is 0 Å². The molecule has 1 N–H and O–H groups in total. The van der Waals surface area contributed by atoms with Crippen molar-refractivity contribution in [2.45, 2.75) is 73.5 Å². The molecule has 0 saturated heterocycles. The van der Waals surface area contributed by atoms with Crippen LogP contribution in [0, 0.1) is 19.3 Å². The molecule has 0 saturated carbocycles. The number of fused-ring (bicyclic) bond motifs is 2. The first kappa shape index (κ1) is 43.4. The molecule has 0 fully saturated rings. The molecule has 0 heterocycles. The summed E-state index contributed by atoms with van der Waals surface area (Å²) in [5.74, 6) is 1.02. The average molecular weight is 1070 g/mol. The molecule has 9 heteroatoms. The van der Waals surface area contributed by atoms with Crippen molar-refractivity contribution in [2.75, 3.05) is 0 Å². The Morgan fingerprint density at radius 1 is 0.736 bits per heavy atom. The first-order valence-electron chi connectivity index (χ1n) is 17.4. The Balaban J connectivity index is 0.000000234. The predicted octanol–water partition coefficient (Wildman–Crippen LogP) is 16.0. The Labute approximate surface area is 351 Å². The molecule has 0 aliphatic rings. The molecule has 0 aliphatic heterocycles. The zero-order valence-electron chi connectivity index (χ0n) is 32.0. The molecule has 0 radical (unpaired) electrons. The van der Waals surface area contributed by atoms with Gasteiger partial charge in [0.15, 0.2) is 0 Å². The second-order valence-electron chi connectivity index (χ2n) is 15.7. The van der Waals surface area contributed by atoms with Crippen molar-refractivity contribution in [3.63, 3.8) is 0 Å². The third-order valence-corrected chi connectivity index (χ3v) is 19.0. The van der Waals surface area contributed by atoms with Gasteiger partial charge >= 0.3 is 109 Å². The van der Waals surface area contributed by atoms with Crippen LogP contribution in [-0.4, -0.2) is 17.8 Å². The number of aromatic hydroxyl groups is 1. The monoisotopic (exact) mass is 1060 g/mol. The number of benzene rings is 5. The van der Waals surface area contributed by atoms with E-state index in [2.05, 4.69) is 157 Å². The van der Waals surface area contributed by atoms with E-state index >= 15 is 0 Å². The van der Waals surface area contributed by atoms with Crippen molar-refractivity contribution in [2.24, 2.45) is 8.91 Å². The number of nitrogens with zero attached hydrogens (tertiary/aromatic N) is 1. The fourth-order valence-corrected chi connectivity index (χ4v) is 10.6. The van der Waals surface area contributed by atoms with Crippen LogP contribution in [0.15, 0.2) is 110 Å². The van der Waals surface area contributed by atoms with Gasteiger partial charge in [-0.15, -0.1) is 0 Å². The number of rotatable bonds is 4. The summed E-state index contributed by atoms with van der Waals surface area (Å²) in [6.45, 7) is 21.9. The van der Waals surface area contributed by atoms with Crippen LogP contribution in [0.1, 0.15) is 52.7 Å². The zero-order valence-corrected chi connectivity index (χ0v) is 40.7. The van der Waals surface area contributed by atoms with Crippen molar-refractivity contribution >= 4 is 95.0 Å². The van der Waals surface area contributed by atoms with Crippen LogP contribution in [0.5, 0.6) is 11.5 Å². The summed E-state index contributed by atoms with van der Waals surface area (Å²) in [4.78, 5) is 0. The maximum Gasteiger partial charge on any atom is 0.250 e. The fourth-order valence-electron chi connectivity index (χ4n) is 5.14. The van der Waals surface area contributed by atoms with Gasteiger partial charge in [-0.3, -0.25) is 0 Å². The Morgan fingerprint density at radius 3 is 1.70 bits per heavy atom. The van der Waals surface area contributed by atoms with E-state index in [0.717, 1.165) is 48.6 Å². The summed E-state index contributed by atoms with van der Waals surface area (Å²) in [6, 6.07) is 32.4. The smallest absolute Gasteiger partial charge is 0.250 e. The summed E-state index contributed by atoms with van der Waals surface area (Å²) < 4.78 is 15.3. The van der Waals surface area contributed by atoms with Crippen LogP contribution < -0.4 is 4.43 Å². The Kier molecular flexibility index (Phi) is 14.8. The van der Waals surface area contributed by atoms with Crippen LogP contribution in [0.25, 0.3) is 32.7 Å². The van der Waals surface area contributed by atoms with E-state index in [1.807, 2.05) is 48.5 Å². The van der Waals surface area contributed by atoms with Gasteiger partial charge in [0.25, 0.3) is 8.32 Å². The second-order valence-corrected chi connectivity index (χ2v) is 25.2. The van der Waals surface area contributed by atoms with E-state index < -0.39 is 26.2 Å². The van der Waals surface area contributed by atoms with E-state index in [1.54, 1.807) is 0 Å². The van der Waals surface area contributed by atoms with Gasteiger partial charge < -0.3 is 9.53 Å². The van der Waals surface area contributed by atoms with Crippen LogP contribution in [0.2, 0.25) is 28.2 Å². The van der Waals surface area contributed by atoms with E-state index in [0.29, 0.717) is 14.5 Å². The van der Waals surface area contributed by atoms with Gasteiger partial charge in [-0.05, 0) is 83.7 Å². The van der Waals surface area contributed by atoms with Crippen molar-refractivity contribution in [3.05, 3.63) is 127 Å². The largest absolute Gasteiger partial charge is 0.542 e. The van der Waals surface area contributed by atoms with E-state index in [9.17, 15) is 5.11 Å². The summed E-state index contributed by atoms with van der Waals surface area (Å²) in [5.41, 5.74) is 5.42. The molecule has 0 aliphatic carbocycles. The number of halogens is 4. The van der Waals surface area contributed by atoms with Crippen LogP contribution in [0.3, 0.4) is 0 Å². The Hall–Kier alpha value is -2.31. The van der Waals surface area contributed by atoms with Gasteiger partial charge in [0.05, 0.1) is 8.95 Å². The second kappa shape index (κ2) is 18.1. The third kappa shape index (κ3) is 11.4. The standard InChI is InChI=1S/C26H26Br2O2Si.C7H9.C6H3Cl2N.C5H10.W/c1-26(2,3)31(4,5)30-25-21(28)15-17-11-7-9-13-19(17)23(25)22-18-12-8-6-10-16(18)14-20(27)24(22)29;1-6-3-4-7(2)5-6;7-4-2-1-3-5(8)6(4)9;1-5(2,3)4;/h6-15,29H,1-5H3;3-5H,1-2H3;1-3H;1H,2-4H3;/q;-1;;;. The molecule has 0 spiro atoms. The van der Waals surface area contributed by atoms with Crippen LogP contribution in [0.4, 0.5) is 5.69 Å². The SMILES string of the molecule is CC(C)(C)[CH]=[W]=[N]c1c(Cl)cccc1Cl.CC(C)(C)[Si](C)(C)Oc1c(Br)cc2ccccc2c1-c1c(O)c(Br)cc2ccccc12.Cc1ccc(C)[cH-]1. The number of hydrogen-bond donors (Lipinski definition) is 1. The number of hydrogen-bond acceptors (Lipinski definition) is 3. The van der Waals surface area contributed by atoms with Crippen LogP contribution in [-0.2, 0) is 17.9 Å². The summed E-state index contributed by atoms with van der Waals surface area (Å²) in [7, 11) is -2.15. The van der Waals surface area contributed by atoms with Crippen molar-refractivity contribution in [1.82, 2.24) is 0 Å². The first-order chi connectivity index (χ1) is 24.7. The van der Waals surface area contributed by atoms with Crippen LogP contribution >= 0.6 is 55.1 Å². The van der Waals surface area contributed by atoms with Gasteiger partial charge in [0.1, 0.15) is 11.5 Å². The molecular weight excluding hydrogens is 1020 g/mol. The molecule has 0 atom stereocenters. The molecule has 6 aromatic carbocycles. The minimum absolute atomic E-state index is 0.0384. The Bertz CT molecular complexity index is 2260. The zero-order chi connectivity index (χ0) is 39.3. The predicted molar refractivity (Wildman–Crippen MR) is 237 cm³/mol. The first-order valence-corrected chi connectivity index (χ1v) is 25.6. The molecule has 53 heavy (non-hydrogen) atoms. The quantitative estimate of drug-likeness (QED) is 0.141. The molecule has 6 rings (SSSR count).